The molecule has 29 heavy (non-hydrogen) atoms. The van der Waals surface area contributed by atoms with Gasteiger partial charge in [-0.15, -0.1) is 0 Å². The van der Waals surface area contributed by atoms with Crippen LogP contribution in [0.5, 0.6) is 5.75 Å². The number of fused-ring (bicyclic) bond motifs is 1. The molecule has 2 aromatic carbocycles. The quantitative estimate of drug-likeness (QED) is 0.207. The minimum absolute atomic E-state index is 0.000148. The summed E-state index contributed by atoms with van der Waals surface area (Å²) in [4.78, 5) is 43.6. The maximum atomic E-state index is 12.0. The van der Waals surface area contributed by atoms with E-state index in [9.17, 15) is 29.8 Å². The van der Waals surface area contributed by atoms with Crippen molar-refractivity contribution < 1.29 is 23.8 Å². The zero-order valence-electron chi connectivity index (χ0n) is 14.7. The molecule has 3 aromatic rings. The molecule has 1 N–H and O–H groups in total. The molecule has 0 unspecified atom stereocenters. The van der Waals surface area contributed by atoms with Crippen LogP contribution in [-0.2, 0) is 4.79 Å². The van der Waals surface area contributed by atoms with Gasteiger partial charge in [0.1, 0.15) is 17.0 Å². The fraction of sp³-hybridized carbons (Fsp3) is 0.111. The van der Waals surface area contributed by atoms with Gasteiger partial charge in [-0.25, -0.2) is 4.79 Å². The highest BCUT2D eigenvalue weighted by Gasteiger charge is 2.19. The first-order chi connectivity index (χ1) is 13.8. The third-order valence-electron chi connectivity index (χ3n) is 3.86. The van der Waals surface area contributed by atoms with Crippen molar-refractivity contribution in [1.82, 2.24) is 0 Å². The van der Waals surface area contributed by atoms with E-state index >= 15 is 0 Å². The lowest BCUT2D eigenvalue weighted by Gasteiger charge is -2.08. The van der Waals surface area contributed by atoms with E-state index in [1.165, 1.54) is 24.3 Å². The number of hydrogen-bond donors (Lipinski definition) is 1. The summed E-state index contributed by atoms with van der Waals surface area (Å²) >= 11 is 0. The Morgan fingerprint density at radius 3 is 2.52 bits per heavy atom. The molecule has 0 radical (unpaired) electrons. The molecule has 0 saturated carbocycles. The highest BCUT2D eigenvalue weighted by Crippen LogP contribution is 2.29. The van der Waals surface area contributed by atoms with Crippen molar-refractivity contribution >= 4 is 34.0 Å². The zero-order valence-corrected chi connectivity index (χ0v) is 14.7. The van der Waals surface area contributed by atoms with Crippen molar-refractivity contribution in [2.24, 2.45) is 0 Å². The van der Waals surface area contributed by atoms with E-state index in [1.54, 1.807) is 12.1 Å². The van der Waals surface area contributed by atoms with Gasteiger partial charge in [0.2, 0.25) is 0 Å². The average Bonchev–Trinajstić information content (AvgIpc) is 2.67. The van der Waals surface area contributed by atoms with Crippen LogP contribution in [0.3, 0.4) is 0 Å². The molecular formula is C18H13N3O8. The molecule has 1 aromatic heterocycles. The van der Waals surface area contributed by atoms with Gasteiger partial charge in [-0.3, -0.25) is 25.0 Å². The zero-order chi connectivity index (χ0) is 21.0. The van der Waals surface area contributed by atoms with Gasteiger partial charge in [-0.05, 0) is 24.3 Å². The van der Waals surface area contributed by atoms with Gasteiger partial charge in [0.15, 0.2) is 0 Å². The molecule has 1 heterocycles. The second-order valence-corrected chi connectivity index (χ2v) is 5.82. The van der Waals surface area contributed by atoms with Crippen molar-refractivity contribution in [3.05, 3.63) is 79.2 Å². The molecule has 11 nitrogen and oxygen atoms in total. The molecule has 148 valence electrons. The van der Waals surface area contributed by atoms with Crippen LogP contribution in [0, 0.1) is 20.2 Å². The Bertz CT molecular complexity index is 1170. The maximum Gasteiger partial charge on any atom is 0.336 e. The van der Waals surface area contributed by atoms with Crippen molar-refractivity contribution in [1.29, 1.82) is 0 Å². The van der Waals surface area contributed by atoms with Crippen molar-refractivity contribution in [2.45, 2.75) is 6.42 Å². The van der Waals surface area contributed by atoms with E-state index in [2.05, 4.69) is 5.32 Å². The number of rotatable bonds is 7. The standard InChI is InChI=1S/C18H13N3O8/c22-17-6-2-11-1-4-13(10-16(11)29-17)28-18(23)7-8-19-14-5-3-12(20(24)25)9-15(14)21(26)27/h1-6,9-10,19H,7-8H2. The van der Waals surface area contributed by atoms with Gasteiger partial charge in [0, 0.05) is 30.1 Å². The van der Waals surface area contributed by atoms with E-state index in [1.807, 2.05) is 0 Å². The largest absolute Gasteiger partial charge is 0.426 e. The monoisotopic (exact) mass is 399 g/mol. The number of carbonyl (C=O) groups excluding carboxylic acids is 1. The Balaban J connectivity index is 1.62. The Kier molecular flexibility index (Phi) is 5.49. The molecule has 0 amide bonds. The van der Waals surface area contributed by atoms with E-state index in [4.69, 9.17) is 9.15 Å². The summed E-state index contributed by atoms with van der Waals surface area (Å²) in [6.07, 6.45) is -0.134. The number of benzene rings is 2. The van der Waals surface area contributed by atoms with Crippen LogP contribution >= 0.6 is 0 Å². The van der Waals surface area contributed by atoms with Crippen molar-refractivity contribution in [3.8, 4) is 5.75 Å². The van der Waals surface area contributed by atoms with Gasteiger partial charge < -0.3 is 14.5 Å². The third kappa shape index (κ3) is 4.71. The SMILES string of the molecule is O=C(CCNc1ccc([N+](=O)[O-])cc1[N+](=O)[O-])Oc1ccc2ccc(=O)oc2c1. The fourth-order valence-corrected chi connectivity index (χ4v) is 2.52. The molecule has 0 aliphatic rings. The molecule has 0 saturated heterocycles. The van der Waals surface area contributed by atoms with E-state index in [0.717, 1.165) is 12.1 Å². The number of anilines is 1. The minimum atomic E-state index is -0.753. The molecule has 0 aliphatic carbocycles. The molecule has 0 spiro atoms. The van der Waals surface area contributed by atoms with Gasteiger partial charge in [0.05, 0.1) is 22.3 Å². The van der Waals surface area contributed by atoms with Gasteiger partial charge in [-0.2, -0.15) is 0 Å². The molecule has 0 aliphatic heterocycles. The number of non-ortho nitro benzene ring substituents is 1. The summed E-state index contributed by atoms with van der Waals surface area (Å²) in [5.41, 5.74) is -1.11. The fourth-order valence-electron chi connectivity index (χ4n) is 2.52. The van der Waals surface area contributed by atoms with Crippen molar-refractivity contribution in [3.63, 3.8) is 0 Å². The highest BCUT2D eigenvalue weighted by atomic mass is 16.6. The Labute approximate surface area is 161 Å². The van der Waals surface area contributed by atoms with E-state index in [-0.39, 0.29) is 30.0 Å². The van der Waals surface area contributed by atoms with Crippen LogP contribution in [0.1, 0.15) is 6.42 Å². The average molecular weight is 399 g/mol. The second-order valence-electron chi connectivity index (χ2n) is 5.82. The Morgan fingerprint density at radius 1 is 1.03 bits per heavy atom. The highest BCUT2D eigenvalue weighted by molar-refractivity contribution is 5.80. The summed E-state index contributed by atoms with van der Waals surface area (Å²) in [7, 11) is 0. The smallest absolute Gasteiger partial charge is 0.336 e. The molecule has 0 atom stereocenters. The number of nitro groups is 2. The van der Waals surface area contributed by atoms with Crippen LogP contribution in [0.2, 0.25) is 0 Å². The van der Waals surface area contributed by atoms with Crippen molar-refractivity contribution in [2.75, 3.05) is 11.9 Å². The number of esters is 1. The number of nitrogens with one attached hydrogen (secondary N) is 1. The third-order valence-corrected chi connectivity index (χ3v) is 3.86. The van der Waals surface area contributed by atoms with Gasteiger partial charge in [0.25, 0.3) is 11.4 Å². The first-order valence-corrected chi connectivity index (χ1v) is 8.25. The van der Waals surface area contributed by atoms with Crippen LogP contribution in [0.4, 0.5) is 17.1 Å². The lowest BCUT2D eigenvalue weighted by molar-refractivity contribution is -0.393. The molecule has 0 bridgehead atoms. The normalized spacial score (nSPS) is 10.5. The number of hydrogen-bond acceptors (Lipinski definition) is 9. The lowest BCUT2D eigenvalue weighted by Crippen LogP contribution is -2.14. The maximum absolute atomic E-state index is 12.0. The second kappa shape index (κ2) is 8.17. The topological polar surface area (TPSA) is 155 Å². The number of ether oxygens (including phenoxy) is 1. The minimum Gasteiger partial charge on any atom is -0.426 e. The van der Waals surface area contributed by atoms with Crippen LogP contribution in [0.15, 0.2) is 57.7 Å². The number of nitro benzene ring substituents is 2. The predicted molar refractivity (Wildman–Crippen MR) is 101 cm³/mol. The molecular weight excluding hydrogens is 386 g/mol. The first kappa shape index (κ1) is 19.5. The van der Waals surface area contributed by atoms with Crippen LogP contribution < -0.4 is 15.7 Å². The van der Waals surface area contributed by atoms with E-state index < -0.39 is 32.8 Å². The first-order valence-electron chi connectivity index (χ1n) is 8.25. The summed E-state index contributed by atoms with van der Waals surface area (Å²) in [6.45, 7) is 0.000148. The Morgan fingerprint density at radius 2 is 1.79 bits per heavy atom. The van der Waals surface area contributed by atoms with Crippen LogP contribution in [-0.4, -0.2) is 22.4 Å². The number of nitrogens with zero attached hydrogens (tertiary/aromatic N) is 2. The summed E-state index contributed by atoms with van der Waals surface area (Å²) in [6, 6.07) is 10.6. The van der Waals surface area contributed by atoms with Crippen LogP contribution in [0.25, 0.3) is 11.0 Å². The lowest BCUT2D eigenvalue weighted by atomic mass is 10.2. The summed E-state index contributed by atoms with van der Waals surface area (Å²) in [5.74, 6) is -0.446. The Hall–Kier alpha value is -4.28. The number of carbonyl (C=O) groups is 1. The molecule has 11 heteroatoms. The summed E-state index contributed by atoms with van der Waals surface area (Å²) in [5, 5.41) is 25.2. The molecule has 3 rings (SSSR count). The summed E-state index contributed by atoms with van der Waals surface area (Å²) < 4.78 is 10.2. The predicted octanol–water partition coefficient (Wildman–Crippen LogP) is 3.02. The van der Waals surface area contributed by atoms with Gasteiger partial charge in [-0.1, -0.05) is 0 Å². The van der Waals surface area contributed by atoms with Gasteiger partial charge >= 0.3 is 11.6 Å². The molecule has 0 fully saturated rings. The van der Waals surface area contributed by atoms with E-state index in [0.29, 0.717) is 5.39 Å².